The second-order valence-electron chi connectivity index (χ2n) is 12.2. The summed E-state index contributed by atoms with van der Waals surface area (Å²) < 4.78 is 17.4. The number of aliphatic hydroxyl groups is 8. The Morgan fingerprint density at radius 1 is 0.892 bits per heavy atom. The van der Waals surface area contributed by atoms with Crippen molar-refractivity contribution in [2.75, 3.05) is 6.61 Å². The van der Waals surface area contributed by atoms with Crippen molar-refractivity contribution in [3.05, 3.63) is 12.2 Å². The fraction of sp³-hybridized carbons (Fsp3) is 0.880. The average molecular weight is 531 g/mol. The minimum absolute atomic E-state index is 0.601. The Labute approximate surface area is 214 Å². The van der Waals surface area contributed by atoms with Crippen LogP contribution in [0.1, 0.15) is 27.7 Å². The van der Waals surface area contributed by atoms with E-state index in [4.69, 9.17) is 14.2 Å². The third kappa shape index (κ3) is 3.41. The molecule has 5 aliphatic rings. The van der Waals surface area contributed by atoms with Crippen molar-refractivity contribution >= 4 is 5.97 Å². The van der Waals surface area contributed by atoms with E-state index >= 15 is 0 Å². The average Bonchev–Trinajstić information content (AvgIpc) is 3.09. The van der Waals surface area contributed by atoms with Crippen LogP contribution in [0.5, 0.6) is 0 Å². The fourth-order valence-corrected chi connectivity index (χ4v) is 8.63. The minimum Gasteiger partial charge on any atom is -0.459 e. The van der Waals surface area contributed by atoms with Gasteiger partial charge in [-0.15, -0.1) is 0 Å². The molecule has 2 heterocycles. The van der Waals surface area contributed by atoms with E-state index in [0.29, 0.717) is 0 Å². The Bertz CT molecular complexity index is 954. The van der Waals surface area contributed by atoms with Crippen LogP contribution in [-0.2, 0) is 19.0 Å². The third-order valence-electron chi connectivity index (χ3n) is 10.2. The van der Waals surface area contributed by atoms with Gasteiger partial charge in [-0.3, -0.25) is 4.79 Å². The van der Waals surface area contributed by atoms with Gasteiger partial charge in [0, 0.05) is 22.7 Å². The lowest BCUT2D eigenvalue weighted by Gasteiger charge is -2.67. The molecule has 0 aromatic heterocycles. The fourth-order valence-electron chi connectivity index (χ4n) is 8.63. The largest absolute Gasteiger partial charge is 0.459 e. The van der Waals surface area contributed by atoms with Gasteiger partial charge in [0.1, 0.15) is 30.5 Å². The van der Waals surface area contributed by atoms with Crippen molar-refractivity contribution in [1.82, 2.24) is 0 Å². The molecule has 17 unspecified atom stereocenters. The summed E-state index contributed by atoms with van der Waals surface area (Å²) in [7, 11) is 0. The highest BCUT2D eigenvalue weighted by Gasteiger charge is 2.78. The summed E-state index contributed by atoms with van der Waals surface area (Å²) in [6, 6.07) is 0. The van der Waals surface area contributed by atoms with E-state index in [1.165, 1.54) is 19.1 Å². The van der Waals surface area contributed by atoms with E-state index in [1.54, 1.807) is 20.8 Å². The van der Waals surface area contributed by atoms with Gasteiger partial charge < -0.3 is 55.1 Å². The molecule has 12 nitrogen and oxygen atoms in total. The monoisotopic (exact) mass is 530 g/mol. The molecule has 2 aliphatic heterocycles. The summed E-state index contributed by atoms with van der Waals surface area (Å²) in [4.78, 5) is 13.0. The molecule has 0 spiro atoms. The molecule has 4 fully saturated rings. The Morgan fingerprint density at radius 2 is 1.54 bits per heavy atom. The molecule has 12 heteroatoms. The molecule has 5 rings (SSSR count). The van der Waals surface area contributed by atoms with E-state index in [2.05, 4.69) is 0 Å². The summed E-state index contributed by atoms with van der Waals surface area (Å²) >= 11 is 0. The van der Waals surface area contributed by atoms with E-state index in [9.17, 15) is 45.6 Å². The lowest BCUT2D eigenvalue weighted by Crippen LogP contribution is -2.76. The second-order valence-corrected chi connectivity index (χ2v) is 12.2. The molecule has 2 saturated heterocycles. The number of hydrogen-bond acceptors (Lipinski definition) is 12. The zero-order valence-corrected chi connectivity index (χ0v) is 21.2. The number of fused-ring (bicyclic) bond motifs is 2. The Kier molecular flexibility index (Phi) is 6.40. The summed E-state index contributed by atoms with van der Waals surface area (Å²) in [5, 5.41) is 86.2. The van der Waals surface area contributed by atoms with Gasteiger partial charge in [0.25, 0.3) is 0 Å². The molecule has 17 atom stereocenters. The SMILES string of the molecule is CC1C(O)C(O)C2C3(C)C(OC(=O)C13)C(O)C1C(C)(O)C=CC(OC3OC(CO)C(O)C(O)C3O)C12C. The number of ether oxygens (including phenoxy) is 3. The van der Waals surface area contributed by atoms with Gasteiger partial charge in [-0.05, 0) is 12.8 Å². The van der Waals surface area contributed by atoms with Gasteiger partial charge in [0.15, 0.2) is 6.29 Å². The second kappa shape index (κ2) is 8.65. The predicted molar refractivity (Wildman–Crippen MR) is 122 cm³/mol. The van der Waals surface area contributed by atoms with Crippen LogP contribution in [0.2, 0.25) is 0 Å². The quantitative estimate of drug-likeness (QED) is 0.136. The number of rotatable bonds is 3. The number of aliphatic hydroxyl groups excluding tert-OH is 7. The van der Waals surface area contributed by atoms with Gasteiger partial charge in [-0.25, -0.2) is 0 Å². The lowest BCUT2D eigenvalue weighted by molar-refractivity contribution is -0.343. The zero-order valence-electron chi connectivity index (χ0n) is 21.2. The molecular formula is C25H38O12. The van der Waals surface area contributed by atoms with Gasteiger partial charge in [0.05, 0.1) is 42.5 Å². The van der Waals surface area contributed by atoms with Gasteiger partial charge in [-0.1, -0.05) is 32.9 Å². The summed E-state index contributed by atoms with van der Waals surface area (Å²) in [6.07, 6.45) is -11.1. The van der Waals surface area contributed by atoms with E-state index in [0.717, 1.165) is 0 Å². The molecule has 210 valence electrons. The molecule has 0 aromatic carbocycles. The van der Waals surface area contributed by atoms with Crippen molar-refractivity contribution in [2.45, 2.75) is 94.5 Å². The Hall–Kier alpha value is -1.19. The van der Waals surface area contributed by atoms with Crippen molar-refractivity contribution in [1.29, 1.82) is 0 Å². The van der Waals surface area contributed by atoms with E-state index < -0.39 is 114 Å². The lowest BCUT2D eigenvalue weighted by atomic mass is 9.38. The molecule has 0 amide bonds. The number of hydrogen-bond donors (Lipinski definition) is 8. The maximum absolute atomic E-state index is 13.0. The maximum atomic E-state index is 13.0. The summed E-state index contributed by atoms with van der Waals surface area (Å²) in [5.41, 5.74) is -4.17. The van der Waals surface area contributed by atoms with Crippen LogP contribution in [0.4, 0.5) is 0 Å². The van der Waals surface area contributed by atoms with Crippen LogP contribution < -0.4 is 0 Å². The minimum atomic E-state index is -1.71. The number of carbonyl (C=O) groups is 1. The highest BCUT2D eigenvalue weighted by atomic mass is 16.7. The molecule has 0 bridgehead atoms. The van der Waals surface area contributed by atoms with Crippen molar-refractivity contribution in [3.8, 4) is 0 Å². The molecular weight excluding hydrogens is 492 g/mol. The molecule has 8 N–H and O–H groups in total. The molecule has 37 heavy (non-hydrogen) atoms. The normalized spacial score (nSPS) is 61.0. The van der Waals surface area contributed by atoms with Crippen molar-refractivity contribution in [3.63, 3.8) is 0 Å². The summed E-state index contributed by atoms with van der Waals surface area (Å²) in [6.45, 7) is 5.86. The number of carbonyl (C=O) groups excluding carboxylic acids is 1. The standard InChI is InChI=1S/C25H38O12/c1-8-11-21(33)37-20-17(32)18-23(2,34)6-5-10(24(18,3)19(25(11,20)4)15(30)12(8)27)36-22-16(31)14(29)13(28)9(7-26)35-22/h5-6,8-20,22,26-32,34H,7H2,1-4H3. The van der Waals surface area contributed by atoms with Crippen LogP contribution in [-0.4, -0.2) is 120 Å². The first-order valence-corrected chi connectivity index (χ1v) is 12.8. The summed E-state index contributed by atoms with van der Waals surface area (Å²) in [5.74, 6) is -4.13. The molecule has 3 aliphatic carbocycles. The van der Waals surface area contributed by atoms with Gasteiger partial charge in [-0.2, -0.15) is 0 Å². The van der Waals surface area contributed by atoms with Crippen LogP contribution in [0, 0.1) is 34.5 Å². The zero-order chi connectivity index (χ0) is 27.4. The third-order valence-corrected chi connectivity index (χ3v) is 10.2. The predicted octanol–water partition coefficient (Wildman–Crippen LogP) is -2.98. The highest BCUT2D eigenvalue weighted by molar-refractivity contribution is 5.77. The van der Waals surface area contributed by atoms with Gasteiger partial charge in [0.2, 0.25) is 0 Å². The number of esters is 1. The topological polar surface area (TPSA) is 207 Å². The van der Waals surface area contributed by atoms with E-state index in [-0.39, 0.29) is 0 Å². The van der Waals surface area contributed by atoms with Gasteiger partial charge >= 0.3 is 5.97 Å². The van der Waals surface area contributed by atoms with Crippen LogP contribution in [0.15, 0.2) is 12.2 Å². The van der Waals surface area contributed by atoms with Crippen molar-refractivity contribution < 1.29 is 59.9 Å². The van der Waals surface area contributed by atoms with E-state index in [1.807, 2.05) is 0 Å². The Balaban J connectivity index is 1.62. The first-order chi connectivity index (χ1) is 17.1. The van der Waals surface area contributed by atoms with Crippen LogP contribution in [0.25, 0.3) is 0 Å². The van der Waals surface area contributed by atoms with Crippen molar-refractivity contribution in [2.24, 2.45) is 34.5 Å². The smallest absolute Gasteiger partial charge is 0.310 e. The first-order valence-electron chi connectivity index (χ1n) is 12.8. The van der Waals surface area contributed by atoms with Crippen LogP contribution >= 0.6 is 0 Å². The molecule has 0 aromatic rings. The molecule has 0 radical (unpaired) electrons. The molecule has 2 saturated carbocycles. The first kappa shape index (κ1) is 27.4. The highest BCUT2D eigenvalue weighted by Crippen LogP contribution is 2.69. The Morgan fingerprint density at radius 3 is 2.16 bits per heavy atom. The van der Waals surface area contributed by atoms with Crippen LogP contribution in [0.3, 0.4) is 0 Å². The maximum Gasteiger partial charge on any atom is 0.310 e.